The van der Waals surface area contributed by atoms with Gasteiger partial charge in [0.15, 0.2) is 0 Å². The average Bonchev–Trinajstić information content (AvgIpc) is 3.05. The fraction of sp³-hybridized carbons (Fsp3) is 0.364. The maximum absolute atomic E-state index is 13.2. The normalized spacial score (nSPS) is 14.9. The van der Waals surface area contributed by atoms with Gasteiger partial charge in [-0.15, -0.1) is 6.42 Å². The molecular weight excluding hydrogens is 580 g/mol. The van der Waals surface area contributed by atoms with Crippen LogP contribution in [0.25, 0.3) is 0 Å². The van der Waals surface area contributed by atoms with Crippen molar-refractivity contribution < 1.29 is 22.9 Å². The third kappa shape index (κ3) is 8.66. The SMILES string of the molecule is C#CCN(C(=O)OCc1ccc([N+](=O)[O-])cc1)C1CCN(CCC(CN(C)S(=O)(=O)c2ccccc2)c2ccccc2)CC1. The number of piperidine rings is 1. The highest BCUT2D eigenvalue weighted by molar-refractivity contribution is 7.89. The molecule has 0 bridgehead atoms. The van der Waals surface area contributed by atoms with E-state index in [2.05, 4.69) is 10.8 Å². The van der Waals surface area contributed by atoms with Crippen LogP contribution in [0, 0.1) is 22.5 Å². The minimum absolute atomic E-state index is 0.00440. The summed E-state index contributed by atoms with van der Waals surface area (Å²) in [5.41, 5.74) is 1.71. The number of likely N-dealkylation sites (N-methyl/N-ethyl adjacent to an activating group) is 1. The maximum atomic E-state index is 13.2. The lowest BCUT2D eigenvalue weighted by Gasteiger charge is -2.37. The van der Waals surface area contributed by atoms with E-state index in [-0.39, 0.29) is 35.7 Å². The molecule has 3 aromatic rings. The predicted molar refractivity (Wildman–Crippen MR) is 168 cm³/mol. The predicted octanol–water partition coefficient (Wildman–Crippen LogP) is 5.13. The van der Waals surface area contributed by atoms with E-state index in [1.54, 1.807) is 54.4 Å². The second-order valence-electron chi connectivity index (χ2n) is 10.9. The number of rotatable bonds is 13. The van der Waals surface area contributed by atoms with E-state index in [1.165, 1.54) is 16.4 Å². The van der Waals surface area contributed by atoms with Crippen LogP contribution in [0.1, 0.15) is 36.3 Å². The zero-order valence-electron chi connectivity index (χ0n) is 24.8. The molecule has 11 heteroatoms. The second-order valence-corrected chi connectivity index (χ2v) is 12.9. The molecule has 232 valence electrons. The molecule has 1 heterocycles. The largest absolute Gasteiger partial charge is 0.445 e. The Morgan fingerprint density at radius 3 is 2.25 bits per heavy atom. The summed E-state index contributed by atoms with van der Waals surface area (Å²) in [7, 11) is -1.99. The van der Waals surface area contributed by atoms with Crippen LogP contribution in [0.15, 0.2) is 89.8 Å². The number of terminal acetylenes is 1. The fourth-order valence-electron chi connectivity index (χ4n) is 5.45. The number of non-ortho nitro benzene ring substituents is 1. The van der Waals surface area contributed by atoms with Crippen LogP contribution in [0.2, 0.25) is 0 Å². The molecule has 0 saturated carbocycles. The Morgan fingerprint density at radius 2 is 1.66 bits per heavy atom. The van der Waals surface area contributed by atoms with Crippen LogP contribution in [0.5, 0.6) is 0 Å². The Balaban J connectivity index is 1.32. The molecule has 3 aromatic carbocycles. The lowest BCUT2D eigenvalue weighted by atomic mass is 9.94. The first kappa shape index (κ1) is 32.7. The number of carbonyl (C=O) groups excluding carboxylic acids is 1. The molecule has 1 aliphatic rings. The molecule has 44 heavy (non-hydrogen) atoms. The minimum atomic E-state index is -3.62. The van der Waals surface area contributed by atoms with Crippen molar-refractivity contribution in [2.45, 2.75) is 42.7 Å². The summed E-state index contributed by atoms with van der Waals surface area (Å²) in [5.74, 6) is 2.56. The summed E-state index contributed by atoms with van der Waals surface area (Å²) >= 11 is 0. The highest BCUT2D eigenvalue weighted by Crippen LogP contribution is 2.26. The Kier molecular flexibility index (Phi) is 11.5. The quantitative estimate of drug-likeness (QED) is 0.148. The smallest absolute Gasteiger partial charge is 0.411 e. The first-order valence-electron chi connectivity index (χ1n) is 14.6. The van der Waals surface area contributed by atoms with Crippen molar-refractivity contribution in [3.8, 4) is 12.3 Å². The zero-order valence-corrected chi connectivity index (χ0v) is 25.6. The van der Waals surface area contributed by atoms with Gasteiger partial charge in [0.1, 0.15) is 6.61 Å². The maximum Gasteiger partial charge on any atom is 0.411 e. The summed E-state index contributed by atoms with van der Waals surface area (Å²) in [5, 5.41) is 10.9. The molecule has 10 nitrogen and oxygen atoms in total. The Morgan fingerprint density at radius 1 is 1.05 bits per heavy atom. The van der Waals surface area contributed by atoms with Crippen LogP contribution < -0.4 is 0 Å². The summed E-state index contributed by atoms with van der Waals surface area (Å²) in [6, 6.07) is 24.3. The number of hydrogen-bond donors (Lipinski definition) is 0. The molecular formula is C33H38N4O6S. The van der Waals surface area contributed by atoms with E-state index in [9.17, 15) is 23.3 Å². The van der Waals surface area contributed by atoms with Gasteiger partial charge in [-0.1, -0.05) is 54.5 Å². The Bertz CT molecular complexity index is 1520. The number of hydrogen-bond acceptors (Lipinski definition) is 7. The standard InChI is InChI=1S/C33H38N4O6S/c1-3-21-36(33(38)43-26-27-14-16-31(17-15-27)37(39)40)30-19-23-35(24-20-30)22-18-29(28-10-6-4-7-11-28)25-34(2)44(41,42)32-12-8-5-9-13-32/h1,4-17,29-30H,18-26H2,2H3. The molecule has 0 N–H and O–H groups in total. The van der Waals surface area contributed by atoms with Gasteiger partial charge in [0.25, 0.3) is 5.69 Å². The van der Waals surface area contributed by atoms with E-state index in [0.29, 0.717) is 12.1 Å². The first-order valence-corrected chi connectivity index (χ1v) is 16.0. The van der Waals surface area contributed by atoms with E-state index < -0.39 is 21.0 Å². The molecule has 1 saturated heterocycles. The number of ether oxygens (including phenoxy) is 1. The summed E-state index contributed by atoms with van der Waals surface area (Å²) in [4.78, 5) is 27.5. The molecule has 4 rings (SSSR count). The molecule has 1 aliphatic heterocycles. The van der Waals surface area contributed by atoms with Crippen LogP contribution in [0.3, 0.4) is 0 Å². The molecule has 0 radical (unpaired) electrons. The number of carbonyl (C=O) groups is 1. The molecule has 0 aliphatic carbocycles. The lowest BCUT2D eigenvalue weighted by molar-refractivity contribution is -0.384. The second kappa shape index (κ2) is 15.5. The highest BCUT2D eigenvalue weighted by atomic mass is 32.2. The van der Waals surface area contributed by atoms with Crippen LogP contribution in [-0.4, -0.2) is 79.4 Å². The number of amides is 1. The van der Waals surface area contributed by atoms with Gasteiger partial charge in [-0.05, 0) is 67.1 Å². The van der Waals surface area contributed by atoms with Gasteiger partial charge < -0.3 is 9.64 Å². The van der Waals surface area contributed by atoms with E-state index in [1.807, 2.05) is 30.3 Å². The first-order chi connectivity index (χ1) is 21.2. The molecule has 1 unspecified atom stereocenters. The fourth-order valence-corrected chi connectivity index (χ4v) is 6.68. The average molecular weight is 619 g/mol. The lowest BCUT2D eigenvalue weighted by Crippen LogP contribution is -2.48. The van der Waals surface area contributed by atoms with Crippen LogP contribution in [-0.2, 0) is 21.4 Å². The van der Waals surface area contributed by atoms with Crippen LogP contribution in [0.4, 0.5) is 10.5 Å². The number of sulfonamides is 1. The van der Waals surface area contributed by atoms with Crippen molar-refractivity contribution in [3.05, 3.63) is 106 Å². The van der Waals surface area contributed by atoms with Gasteiger partial charge in [-0.2, -0.15) is 0 Å². The summed E-state index contributed by atoms with van der Waals surface area (Å²) in [6.45, 7) is 2.79. The van der Waals surface area contributed by atoms with E-state index in [4.69, 9.17) is 11.2 Å². The van der Waals surface area contributed by atoms with E-state index >= 15 is 0 Å². The van der Waals surface area contributed by atoms with Gasteiger partial charge >= 0.3 is 6.09 Å². The topological polar surface area (TPSA) is 113 Å². The van der Waals surface area contributed by atoms with Gasteiger partial charge in [-0.3, -0.25) is 15.0 Å². The van der Waals surface area contributed by atoms with Crippen LogP contribution >= 0.6 is 0 Å². The third-order valence-electron chi connectivity index (χ3n) is 8.00. The molecule has 1 amide bonds. The van der Waals surface area contributed by atoms with Crippen molar-refractivity contribution in [1.29, 1.82) is 0 Å². The van der Waals surface area contributed by atoms with Gasteiger partial charge in [0.2, 0.25) is 10.0 Å². The monoisotopic (exact) mass is 618 g/mol. The summed E-state index contributed by atoms with van der Waals surface area (Å²) in [6.07, 6.45) is 7.30. The Labute approximate surface area is 259 Å². The van der Waals surface area contributed by atoms with Gasteiger partial charge in [0.05, 0.1) is 16.4 Å². The number of nitro benzene ring substituents is 1. The van der Waals surface area contributed by atoms with Gasteiger partial charge in [-0.25, -0.2) is 17.5 Å². The van der Waals surface area contributed by atoms with Crippen molar-refractivity contribution in [2.24, 2.45) is 0 Å². The molecule has 1 atom stereocenters. The van der Waals surface area contributed by atoms with E-state index in [0.717, 1.165) is 44.5 Å². The third-order valence-corrected chi connectivity index (χ3v) is 9.83. The molecule has 1 fully saturated rings. The van der Waals surface area contributed by atoms with Gasteiger partial charge in [0, 0.05) is 44.9 Å². The van der Waals surface area contributed by atoms with Crippen molar-refractivity contribution in [2.75, 3.05) is 39.8 Å². The zero-order chi connectivity index (χ0) is 31.5. The number of benzene rings is 3. The molecule has 0 aromatic heterocycles. The van der Waals surface area contributed by atoms with Crippen molar-refractivity contribution >= 4 is 21.8 Å². The number of nitro groups is 1. The van der Waals surface area contributed by atoms with Crippen molar-refractivity contribution in [3.63, 3.8) is 0 Å². The van der Waals surface area contributed by atoms with Crippen molar-refractivity contribution in [1.82, 2.24) is 14.1 Å². The molecule has 0 spiro atoms. The Hall–Kier alpha value is -4.24. The highest BCUT2D eigenvalue weighted by Gasteiger charge is 2.30. The number of nitrogens with zero attached hydrogens (tertiary/aromatic N) is 4. The summed E-state index contributed by atoms with van der Waals surface area (Å²) < 4.78 is 33.4. The minimum Gasteiger partial charge on any atom is -0.445 e. The number of likely N-dealkylation sites (tertiary alicyclic amines) is 1.